The van der Waals surface area contributed by atoms with Crippen LogP contribution in [0.2, 0.25) is 0 Å². The van der Waals surface area contributed by atoms with Crippen LogP contribution < -0.4 is 4.90 Å². The molecular formula is C15H23NO3S. The van der Waals surface area contributed by atoms with E-state index in [1.54, 1.807) is 6.92 Å². The average Bonchev–Trinajstić information content (AvgIpc) is 2.39. The van der Waals surface area contributed by atoms with Crippen LogP contribution in [0.4, 0.5) is 5.69 Å². The van der Waals surface area contributed by atoms with E-state index in [0.717, 1.165) is 36.9 Å². The maximum Gasteiger partial charge on any atom is 0.286 e. The van der Waals surface area contributed by atoms with E-state index in [1.807, 2.05) is 36.1 Å². The number of aryl methyl sites for hydroxylation is 1. The molecule has 1 aromatic rings. The van der Waals surface area contributed by atoms with Crippen molar-refractivity contribution in [1.82, 2.24) is 0 Å². The van der Waals surface area contributed by atoms with Gasteiger partial charge in [-0.15, -0.1) is 0 Å². The van der Waals surface area contributed by atoms with Crippen LogP contribution in [-0.2, 0) is 10.1 Å². The van der Waals surface area contributed by atoms with E-state index in [1.165, 1.54) is 6.42 Å². The van der Waals surface area contributed by atoms with Crippen molar-refractivity contribution in [2.75, 3.05) is 4.90 Å². The molecule has 1 aliphatic carbocycles. The number of anilines is 1. The molecule has 1 unspecified atom stereocenters. The Morgan fingerprint density at radius 2 is 1.90 bits per heavy atom. The number of benzene rings is 1. The third-order valence-corrected chi connectivity index (χ3v) is 5.18. The van der Waals surface area contributed by atoms with Crippen molar-refractivity contribution in [3.63, 3.8) is 0 Å². The number of hydrogen-bond acceptors (Lipinski definition) is 3. The van der Waals surface area contributed by atoms with Crippen LogP contribution in [-0.4, -0.2) is 24.4 Å². The van der Waals surface area contributed by atoms with Crippen molar-refractivity contribution >= 4 is 15.8 Å². The van der Waals surface area contributed by atoms with Crippen molar-refractivity contribution in [3.8, 4) is 0 Å². The normalized spacial score (nSPS) is 18.8. The molecule has 1 atom stereocenters. The Morgan fingerprint density at radius 3 is 2.45 bits per heavy atom. The van der Waals surface area contributed by atoms with Crippen LogP contribution in [0.15, 0.2) is 24.3 Å². The van der Waals surface area contributed by atoms with E-state index in [2.05, 4.69) is 0 Å². The second-order valence-electron chi connectivity index (χ2n) is 5.65. The van der Waals surface area contributed by atoms with Gasteiger partial charge >= 0.3 is 0 Å². The summed E-state index contributed by atoms with van der Waals surface area (Å²) in [4.78, 5) is 1.88. The highest BCUT2D eigenvalue weighted by atomic mass is 32.2. The summed E-state index contributed by atoms with van der Waals surface area (Å²) < 4.78 is 32.6. The van der Waals surface area contributed by atoms with Gasteiger partial charge in [0.05, 0.1) is 0 Å². The topological polar surface area (TPSA) is 57.6 Å². The minimum Gasteiger partial charge on any atom is -0.350 e. The SMILES string of the molecule is Cc1cccc(N(C2CCCCC2)C(C)S(=O)(=O)O)c1. The molecule has 0 spiro atoms. The second kappa shape index (κ2) is 6.14. The summed E-state index contributed by atoms with van der Waals surface area (Å²) >= 11 is 0. The van der Waals surface area contributed by atoms with Crippen molar-refractivity contribution < 1.29 is 13.0 Å². The summed E-state index contributed by atoms with van der Waals surface area (Å²) in [6, 6.07) is 8.00. The van der Waals surface area contributed by atoms with Gasteiger partial charge in [0.1, 0.15) is 0 Å². The minimum absolute atomic E-state index is 0.183. The Hall–Kier alpha value is -1.07. The van der Waals surface area contributed by atoms with Crippen molar-refractivity contribution in [2.45, 2.75) is 57.4 Å². The summed E-state index contributed by atoms with van der Waals surface area (Å²) in [7, 11) is -4.09. The first-order chi connectivity index (χ1) is 9.39. The molecule has 0 saturated heterocycles. The highest BCUT2D eigenvalue weighted by Gasteiger charge is 2.32. The van der Waals surface area contributed by atoms with E-state index in [0.29, 0.717) is 0 Å². The lowest BCUT2D eigenvalue weighted by Gasteiger charge is -2.39. The van der Waals surface area contributed by atoms with E-state index >= 15 is 0 Å². The Kier molecular flexibility index (Phi) is 4.70. The van der Waals surface area contributed by atoms with Gasteiger partial charge in [0.25, 0.3) is 10.1 Å². The molecule has 1 N–H and O–H groups in total. The lowest BCUT2D eigenvalue weighted by atomic mass is 9.93. The van der Waals surface area contributed by atoms with E-state index in [-0.39, 0.29) is 6.04 Å². The molecular weight excluding hydrogens is 274 g/mol. The first kappa shape index (κ1) is 15.3. The smallest absolute Gasteiger partial charge is 0.286 e. The fraction of sp³-hybridized carbons (Fsp3) is 0.600. The van der Waals surface area contributed by atoms with Gasteiger partial charge in [0.2, 0.25) is 0 Å². The molecule has 1 aliphatic rings. The van der Waals surface area contributed by atoms with E-state index < -0.39 is 15.5 Å². The largest absolute Gasteiger partial charge is 0.350 e. The predicted octanol–water partition coefficient (Wildman–Crippen LogP) is 3.37. The summed E-state index contributed by atoms with van der Waals surface area (Å²) in [6.45, 7) is 3.55. The summed E-state index contributed by atoms with van der Waals surface area (Å²) in [5, 5.41) is -0.910. The van der Waals surface area contributed by atoms with Gasteiger partial charge in [-0.3, -0.25) is 4.55 Å². The molecule has 0 radical (unpaired) electrons. The first-order valence-electron chi connectivity index (χ1n) is 7.21. The fourth-order valence-electron chi connectivity index (χ4n) is 3.01. The van der Waals surface area contributed by atoms with Crippen LogP contribution in [0.3, 0.4) is 0 Å². The highest BCUT2D eigenvalue weighted by Crippen LogP contribution is 2.30. The molecule has 0 bridgehead atoms. The number of hydrogen-bond donors (Lipinski definition) is 1. The lowest BCUT2D eigenvalue weighted by Crippen LogP contribution is -2.46. The fourth-order valence-corrected chi connectivity index (χ4v) is 3.59. The zero-order valence-corrected chi connectivity index (χ0v) is 12.9. The van der Waals surface area contributed by atoms with Crippen LogP contribution in [0.5, 0.6) is 0 Å². The second-order valence-corrected chi connectivity index (χ2v) is 7.36. The van der Waals surface area contributed by atoms with Crippen molar-refractivity contribution in [1.29, 1.82) is 0 Å². The molecule has 0 aliphatic heterocycles. The molecule has 1 aromatic carbocycles. The van der Waals surface area contributed by atoms with Crippen LogP contribution in [0.1, 0.15) is 44.6 Å². The molecule has 1 fully saturated rings. The number of nitrogens with zero attached hydrogens (tertiary/aromatic N) is 1. The zero-order chi connectivity index (χ0) is 14.8. The van der Waals surface area contributed by atoms with Gasteiger partial charge in [-0.1, -0.05) is 31.4 Å². The van der Waals surface area contributed by atoms with Crippen LogP contribution >= 0.6 is 0 Å². The molecule has 2 rings (SSSR count). The summed E-state index contributed by atoms with van der Waals surface area (Å²) in [6.07, 6.45) is 5.40. The maximum absolute atomic E-state index is 11.6. The van der Waals surface area contributed by atoms with E-state index in [9.17, 15) is 13.0 Å². The summed E-state index contributed by atoms with van der Waals surface area (Å²) in [5.41, 5.74) is 1.97. The lowest BCUT2D eigenvalue weighted by molar-refractivity contribution is 0.397. The molecule has 0 heterocycles. The zero-order valence-electron chi connectivity index (χ0n) is 12.1. The monoisotopic (exact) mass is 297 g/mol. The predicted molar refractivity (Wildman–Crippen MR) is 81.5 cm³/mol. The average molecular weight is 297 g/mol. The van der Waals surface area contributed by atoms with Gasteiger partial charge < -0.3 is 4.90 Å². The molecule has 0 amide bonds. The molecule has 20 heavy (non-hydrogen) atoms. The van der Waals surface area contributed by atoms with Gasteiger partial charge in [0, 0.05) is 11.7 Å². The Morgan fingerprint density at radius 1 is 1.25 bits per heavy atom. The summed E-state index contributed by atoms with van der Waals surface area (Å²) in [5.74, 6) is 0. The first-order valence-corrected chi connectivity index (χ1v) is 8.71. The molecule has 112 valence electrons. The molecule has 5 heteroatoms. The van der Waals surface area contributed by atoms with Crippen molar-refractivity contribution in [2.24, 2.45) is 0 Å². The molecule has 4 nitrogen and oxygen atoms in total. The van der Waals surface area contributed by atoms with Gasteiger partial charge in [0.15, 0.2) is 5.37 Å². The standard InChI is InChI=1S/C15H23NO3S/c1-12-7-6-10-15(11-12)16(13(2)20(17,18)19)14-8-4-3-5-9-14/h6-7,10-11,13-14H,3-5,8-9H2,1-2H3,(H,17,18,19). The van der Waals surface area contributed by atoms with Crippen molar-refractivity contribution in [3.05, 3.63) is 29.8 Å². The quantitative estimate of drug-likeness (QED) is 0.866. The van der Waals surface area contributed by atoms with Crippen LogP contribution in [0, 0.1) is 6.92 Å². The number of rotatable bonds is 4. The van der Waals surface area contributed by atoms with Crippen LogP contribution in [0.25, 0.3) is 0 Å². The minimum atomic E-state index is -4.09. The molecule has 1 saturated carbocycles. The maximum atomic E-state index is 11.6. The highest BCUT2D eigenvalue weighted by molar-refractivity contribution is 7.86. The van der Waals surface area contributed by atoms with E-state index in [4.69, 9.17) is 0 Å². The third kappa shape index (κ3) is 3.52. The Labute approximate surface area is 121 Å². The van der Waals surface area contributed by atoms with Gasteiger partial charge in [-0.05, 0) is 44.4 Å². The Balaban J connectivity index is 2.37. The molecule has 0 aromatic heterocycles. The van der Waals surface area contributed by atoms with Gasteiger partial charge in [-0.2, -0.15) is 8.42 Å². The Bertz CT molecular complexity index is 550. The third-order valence-electron chi connectivity index (χ3n) is 4.09. The van der Waals surface area contributed by atoms with Gasteiger partial charge in [-0.25, -0.2) is 0 Å².